The van der Waals surface area contributed by atoms with Crippen LogP contribution < -0.4 is 5.73 Å². The highest BCUT2D eigenvalue weighted by atomic mass is 35.5. The number of amidine groups is 1. The van der Waals surface area contributed by atoms with Gasteiger partial charge in [0.1, 0.15) is 11.7 Å². The Balaban J connectivity index is 2.52. The number of aromatic nitrogens is 2. The smallest absolute Gasteiger partial charge is 0.125 e. The minimum absolute atomic E-state index is 0.0971. The van der Waals surface area contributed by atoms with Crippen LogP contribution in [0.25, 0.3) is 5.69 Å². The van der Waals surface area contributed by atoms with Crippen molar-refractivity contribution in [2.24, 2.45) is 10.7 Å². The van der Waals surface area contributed by atoms with Crippen molar-refractivity contribution in [1.82, 2.24) is 9.55 Å². The zero-order valence-electron chi connectivity index (χ0n) is 8.85. The van der Waals surface area contributed by atoms with Gasteiger partial charge in [-0.05, 0) is 12.1 Å². The van der Waals surface area contributed by atoms with Crippen LogP contribution in [0.2, 0.25) is 0 Å². The summed E-state index contributed by atoms with van der Waals surface area (Å²) >= 11 is 5.55. The highest BCUT2D eigenvalue weighted by molar-refractivity contribution is 6.28. The third-order valence-electron chi connectivity index (χ3n) is 2.12. The quantitative estimate of drug-likeness (QED) is 0.517. The van der Waals surface area contributed by atoms with Crippen molar-refractivity contribution in [3.8, 4) is 5.69 Å². The number of aliphatic imine (C=N–C) groups is 1. The molecule has 0 aliphatic carbocycles. The summed E-state index contributed by atoms with van der Waals surface area (Å²) in [5, 5.41) is 0. The van der Waals surface area contributed by atoms with Crippen molar-refractivity contribution in [2.75, 3.05) is 5.88 Å². The van der Waals surface area contributed by atoms with E-state index >= 15 is 0 Å². The zero-order valence-corrected chi connectivity index (χ0v) is 9.60. The summed E-state index contributed by atoms with van der Waals surface area (Å²) < 4.78 is 14.9. The number of imidazole rings is 1. The third-order valence-corrected chi connectivity index (χ3v) is 2.39. The Hall–Kier alpha value is -1.88. The molecule has 0 fully saturated rings. The van der Waals surface area contributed by atoms with E-state index in [2.05, 4.69) is 9.98 Å². The van der Waals surface area contributed by atoms with E-state index in [0.29, 0.717) is 11.4 Å². The average Bonchev–Trinajstić information content (AvgIpc) is 2.82. The van der Waals surface area contributed by atoms with E-state index in [-0.39, 0.29) is 17.5 Å². The maximum atomic E-state index is 13.2. The summed E-state index contributed by atoms with van der Waals surface area (Å²) in [6.45, 7) is 0. The van der Waals surface area contributed by atoms with Crippen LogP contribution in [0.15, 0.2) is 41.9 Å². The van der Waals surface area contributed by atoms with Crippen molar-refractivity contribution in [1.29, 1.82) is 0 Å². The first kappa shape index (κ1) is 11.6. The van der Waals surface area contributed by atoms with E-state index in [1.807, 2.05) is 0 Å². The molecule has 1 aromatic carbocycles. The second-order valence-electron chi connectivity index (χ2n) is 3.34. The Morgan fingerprint density at radius 1 is 1.53 bits per heavy atom. The minimum atomic E-state index is -0.380. The molecule has 0 atom stereocenters. The summed E-state index contributed by atoms with van der Waals surface area (Å²) in [6, 6.07) is 4.26. The molecule has 6 heteroatoms. The maximum Gasteiger partial charge on any atom is 0.125 e. The molecule has 0 aliphatic heterocycles. The zero-order chi connectivity index (χ0) is 12.3. The number of nitrogens with two attached hydrogens (primary N) is 1. The number of hydrogen-bond acceptors (Lipinski definition) is 2. The topological polar surface area (TPSA) is 56.2 Å². The van der Waals surface area contributed by atoms with Crippen LogP contribution in [-0.2, 0) is 0 Å². The van der Waals surface area contributed by atoms with Gasteiger partial charge in [-0.2, -0.15) is 0 Å². The third kappa shape index (κ3) is 2.62. The molecule has 17 heavy (non-hydrogen) atoms. The van der Waals surface area contributed by atoms with Crippen molar-refractivity contribution in [3.63, 3.8) is 0 Å². The molecule has 0 amide bonds. The maximum absolute atomic E-state index is 13.2. The molecule has 2 N–H and O–H groups in total. The van der Waals surface area contributed by atoms with Crippen molar-refractivity contribution in [3.05, 3.63) is 42.7 Å². The Bertz CT molecular complexity index is 536. The van der Waals surface area contributed by atoms with E-state index in [9.17, 15) is 4.39 Å². The molecule has 0 bridgehead atoms. The molecule has 1 heterocycles. The number of alkyl halides is 1. The number of hydrogen-bond donors (Lipinski definition) is 1. The SMILES string of the molecule is NC(CCl)=Nc1cc(F)ccc1-n1ccnc1. The second-order valence-corrected chi connectivity index (χ2v) is 3.61. The summed E-state index contributed by atoms with van der Waals surface area (Å²) in [4.78, 5) is 7.99. The highest BCUT2D eigenvalue weighted by Crippen LogP contribution is 2.24. The number of nitrogens with zero attached hydrogens (tertiary/aromatic N) is 3. The molecule has 4 nitrogen and oxygen atoms in total. The number of halogens is 2. The largest absolute Gasteiger partial charge is 0.386 e. The first-order valence-corrected chi connectivity index (χ1v) is 5.41. The summed E-state index contributed by atoms with van der Waals surface area (Å²) in [5.41, 5.74) is 6.66. The Morgan fingerprint density at radius 3 is 3.00 bits per heavy atom. The van der Waals surface area contributed by atoms with Gasteiger partial charge in [-0.15, -0.1) is 11.6 Å². The van der Waals surface area contributed by atoms with Crippen LogP contribution >= 0.6 is 11.6 Å². The van der Waals surface area contributed by atoms with E-state index < -0.39 is 0 Å². The molecule has 0 radical (unpaired) electrons. The fourth-order valence-electron chi connectivity index (χ4n) is 1.39. The van der Waals surface area contributed by atoms with Gasteiger partial charge in [0.05, 0.1) is 23.6 Å². The predicted octanol–water partition coefficient (Wildman–Crippen LogP) is 2.24. The Kier molecular flexibility index (Phi) is 3.39. The molecule has 2 aromatic rings. The van der Waals surface area contributed by atoms with E-state index in [0.717, 1.165) is 0 Å². The minimum Gasteiger partial charge on any atom is -0.386 e. The summed E-state index contributed by atoms with van der Waals surface area (Å²) in [7, 11) is 0. The molecule has 0 saturated heterocycles. The fourth-order valence-corrected chi connectivity index (χ4v) is 1.45. The molecule has 0 saturated carbocycles. The molecular formula is C11H10ClFN4. The average molecular weight is 253 g/mol. The first-order chi connectivity index (χ1) is 8.20. The second kappa shape index (κ2) is 4.97. The standard InChI is InChI=1S/C11H10ClFN4/c12-6-11(14)16-9-5-8(13)1-2-10(9)17-4-3-15-7-17/h1-5,7H,6H2,(H2,14,16). The van der Waals surface area contributed by atoms with E-state index in [1.165, 1.54) is 12.1 Å². The Labute approximate surface area is 103 Å². The van der Waals surface area contributed by atoms with Gasteiger partial charge in [-0.25, -0.2) is 14.4 Å². The van der Waals surface area contributed by atoms with E-state index in [4.69, 9.17) is 17.3 Å². The molecule has 2 rings (SSSR count). The van der Waals surface area contributed by atoms with Crippen LogP contribution in [0, 0.1) is 5.82 Å². The molecule has 88 valence electrons. The van der Waals surface area contributed by atoms with Crippen LogP contribution in [0.3, 0.4) is 0 Å². The van der Waals surface area contributed by atoms with Crippen LogP contribution in [-0.4, -0.2) is 21.3 Å². The van der Waals surface area contributed by atoms with Crippen LogP contribution in [0.4, 0.5) is 10.1 Å². The van der Waals surface area contributed by atoms with Gasteiger partial charge in [0.2, 0.25) is 0 Å². The lowest BCUT2D eigenvalue weighted by molar-refractivity contribution is 0.627. The van der Waals surface area contributed by atoms with Gasteiger partial charge in [-0.1, -0.05) is 0 Å². The molecular weight excluding hydrogens is 243 g/mol. The van der Waals surface area contributed by atoms with E-state index in [1.54, 1.807) is 29.4 Å². The van der Waals surface area contributed by atoms with Gasteiger partial charge in [0, 0.05) is 18.5 Å². The molecule has 0 aliphatic rings. The van der Waals surface area contributed by atoms with Crippen LogP contribution in [0.5, 0.6) is 0 Å². The monoisotopic (exact) mass is 252 g/mol. The molecule has 0 spiro atoms. The van der Waals surface area contributed by atoms with Gasteiger partial charge in [-0.3, -0.25) is 0 Å². The van der Waals surface area contributed by atoms with Gasteiger partial charge < -0.3 is 10.3 Å². The van der Waals surface area contributed by atoms with Gasteiger partial charge in [0.15, 0.2) is 0 Å². The lowest BCUT2D eigenvalue weighted by atomic mass is 10.2. The van der Waals surface area contributed by atoms with Gasteiger partial charge in [0.25, 0.3) is 0 Å². The summed E-state index contributed by atoms with van der Waals surface area (Å²) in [5.74, 6) is -0.0477. The van der Waals surface area contributed by atoms with Crippen molar-refractivity contribution in [2.45, 2.75) is 0 Å². The molecule has 0 unspecified atom stereocenters. The number of rotatable bonds is 3. The lowest BCUT2D eigenvalue weighted by Gasteiger charge is -2.07. The Morgan fingerprint density at radius 2 is 2.35 bits per heavy atom. The number of benzene rings is 1. The van der Waals surface area contributed by atoms with Crippen molar-refractivity contribution < 1.29 is 4.39 Å². The van der Waals surface area contributed by atoms with Crippen LogP contribution in [0.1, 0.15) is 0 Å². The predicted molar refractivity (Wildman–Crippen MR) is 65.5 cm³/mol. The van der Waals surface area contributed by atoms with Crippen molar-refractivity contribution >= 4 is 23.1 Å². The fraction of sp³-hybridized carbons (Fsp3) is 0.0909. The normalized spacial score (nSPS) is 11.8. The molecule has 1 aromatic heterocycles. The highest BCUT2D eigenvalue weighted by Gasteiger charge is 2.05. The summed E-state index contributed by atoms with van der Waals surface area (Å²) in [6.07, 6.45) is 4.97. The van der Waals surface area contributed by atoms with Gasteiger partial charge >= 0.3 is 0 Å². The first-order valence-electron chi connectivity index (χ1n) is 4.87. The lowest BCUT2D eigenvalue weighted by Crippen LogP contribution is -2.12.